The lowest BCUT2D eigenvalue weighted by atomic mass is 10.1. The summed E-state index contributed by atoms with van der Waals surface area (Å²) in [5, 5.41) is 19.8. The van der Waals surface area contributed by atoms with Crippen molar-refractivity contribution < 1.29 is 14.3 Å². The zero-order valence-electron chi connectivity index (χ0n) is 11.0. The minimum absolute atomic E-state index is 0.121. The number of phenolic OH excluding ortho intramolecular Hbond substituents is 1. The number of carbonyl (C=O) groups excluding carboxylic acids is 1. The number of hydrogen-bond donors (Lipinski definition) is 2. The Kier molecular flexibility index (Phi) is 4.29. The van der Waals surface area contributed by atoms with E-state index < -0.39 is 17.5 Å². The summed E-state index contributed by atoms with van der Waals surface area (Å²) in [4.78, 5) is 11.8. The summed E-state index contributed by atoms with van der Waals surface area (Å²) in [5.41, 5.74) is 0.205. The van der Waals surface area contributed by atoms with Gasteiger partial charge in [0.1, 0.15) is 22.8 Å². The molecule has 0 unspecified atom stereocenters. The van der Waals surface area contributed by atoms with Gasteiger partial charge in [0.15, 0.2) is 0 Å². The third-order valence-corrected chi connectivity index (χ3v) is 2.69. The number of nitrogens with one attached hydrogen (secondary N) is 1. The van der Waals surface area contributed by atoms with Gasteiger partial charge < -0.3 is 10.4 Å². The van der Waals surface area contributed by atoms with Gasteiger partial charge in [-0.2, -0.15) is 0 Å². The van der Waals surface area contributed by atoms with Gasteiger partial charge in [-0.15, -0.1) is 5.10 Å². The molecule has 1 amide bonds. The lowest BCUT2D eigenvalue weighted by Gasteiger charge is -2.06. The second-order valence-corrected chi connectivity index (χ2v) is 4.29. The van der Waals surface area contributed by atoms with Gasteiger partial charge in [-0.25, -0.2) is 4.39 Å². The summed E-state index contributed by atoms with van der Waals surface area (Å²) in [5.74, 6) is -1.85. The Balaban J connectivity index is 2.01. The van der Waals surface area contributed by atoms with Crippen LogP contribution in [0.3, 0.4) is 0 Å². The summed E-state index contributed by atoms with van der Waals surface area (Å²) < 4.78 is 15.1. The predicted octanol–water partition coefficient (Wildman–Crippen LogP) is 1.46. The quantitative estimate of drug-likeness (QED) is 0.867. The molecule has 2 rings (SSSR count). The van der Waals surface area contributed by atoms with E-state index >= 15 is 0 Å². The van der Waals surface area contributed by atoms with Gasteiger partial charge in [-0.1, -0.05) is 18.2 Å². The van der Waals surface area contributed by atoms with E-state index in [4.69, 9.17) is 0 Å². The Morgan fingerprint density at radius 2 is 2.30 bits per heavy atom. The van der Waals surface area contributed by atoms with Crippen LogP contribution in [-0.4, -0.2) is 26.0 Å². The van der Waals surface area contributed by atoms with E-state index in [0.717, 1.165) is 19.0 Å². The molecule has 1 aromatic carbocycles. The fourth-order valence-corrected chi connectivity index (χ4v) is 1.75. The van der Waals surface area contributed by atoms with E-state index in [1.807, 2.05) is 6.92 Å². The van der Waals surface area contributed by atoms with Gasteiger partial charge in [-0.3, -0.25) is 9.48 Å². The molecule has 0 saturated heterocycles. The smallest absolute Gasteiger partial charge is 0.258 e. The second kappa shape index (κ2) is 6.14. The highest BCUT2D eigenvalue weighted by molar-refractivity contribution is 5.96. The molecular weight excluding hydrogens is 263 g/mol. The first-order valence-corrected chi connectivity index (χ1v) is 6.26. The summed E-state index contributed by atoms with van der Waals surface area (Å²) in [6.45, 7) is 2.88. The van der Waals surface area contributed by atoms with Crippen molar-refractivity contribution >= 4 is 5.91 Å². The van der Waals surface area contributed by atoms with Gasteiger partial charge in [0.25, 0.3) is 5.91 Å². The van der Waals surface area contributed by atoms with Crippen LogP contribution in [0.4, 0.5) is 4.39 Å². The van der Waals surface area contributed by atoms with Crippen molar-refractivity contribution in [2.75, 3.05) is 0 Å². The highest BCUT2D eigenvalue weighted by Crippen LogP contribution is 2.19. The van der Waals surface area contributed by atoms with Gasteiger partial charge in [-0.05, 0) is 18.6 Å². The number of nitrogens with zero attached hydrogens (tertiary/aromatic N) is 3. The predicted molar refractivity (Wildman–Crippen MR) is 69.5 cm³/mol. The Morgan fingerprint density at radius 3 is 3.00 bits per heavy atom. The molecule has 0 fully saturated rings. The number of halogens is 1. The maximum atomic E-state index is 13.5. The Bertz CT molecular complexity index is 592. The molecule has 6 nitrogen and oxygen atoms in total. The molecule has 0 aliphatic rings. The molecule has 1 heterocycles. The number of amides is 1. The van der Waals surface area contributed by atoms with E-state index in [1.165, 1.54) is 12.1 Å². The number of aryl methyl sites for hydroxylation is 1. The molecule has 0 aliphatic carbocycles. The summed E-state index contributed by atoms with van der Waals surface area (Å²) in [6, 6.07) is 3.71. The first kappa shape index (κ1) is 14.0. The molecule has 0 atom stereocenters. The molecule has 1 aromatic heterocycles. The largest absolute Gasteiger partial charge is 0.507 e. The Hall–Kier alpha value is -2.44. The first-order chi connectivity index (χ1) is 9.61. The summed E-state index contributed by atoms with van der Waals surface area (Å²) in [6.07, 6.45) is 2.64. The van der Waals surface area contributed by atoms with Crippen molar-refractivity contribution in [3.05, 3.63) is 41.5 Å². The lowest BCUT2D eigenvalue weighted by Crippen LogP contribution is -2.24. The Labute approximate surface area is 115 Å². The minimum Gasteiger partial charge on any atom is -0.507 e. The lowest BCUT2D eigenvalue weighted by molar-refractivity contribution is 0.0943. The van der Waals surface area contributed by atoms with Crippen molar-refractivity contribution in [3.63, 3.8) is 0 Å². The van der Waals surface area contributed by atoms with Gasteiger partial charge in [0, 0.05) is 6.54 Å². The fraction of sp³-hybridized carbons (Fsp3) is 0.308. The number of aromatic nitrogens is 3. The van der Waals surface area contributed by atoms with Crippen LogP contribution in [-0.2, 0) is 13.1 Å². The zero-order valence-corrected chi connectivity index (χ0v) is 11.0. The average Bonchev–Trinajstić information content (AvgIpc) is 2.84. The fourth-order valence-electron chi connectivity index (χ4n) is 1.75. The van der Waals surface area contributed by atoms with Crippen LogP contribution in [0, 0.1) is 5.82 Å². The van der Waals surface area contributed by atoms with Crippen molar-refractivity contribution in [2.24, 2.45) is 0 Å². The third kappa shape index (κ3) is 3.11. The number of aromatic hydroxyl groups is 1. The monoisotopic (exact) mass is 278 g/mol. The third-order valence-electron chi connectivity index (χ3n) is 2.69. The molecule has 0 saturated carbocycles. The molecule has 20 heavy (non-hydrogen) atoms. The first-order valence-electron chi connectivity index (χ1n) is 6.26. The van der Waals surface area contributed by atoms with Crippen LogP contribution >= 0.6 is 0 Å². The van der Waals surface area contributed by atoms with Crippen LogP contribution < -0.4 is 5.32 Å². The molecule has 7 heteroatoms. The maximum absolute atomic E-state index is 13.5. The maximum Gasteiger partial charge on any atom is 0.258 e. The highest BCUT2D eigenvalue weighted by atomic mass is 19.1. The molecule has 2 aromatic rings. The number of rotatable bonds is 5. The zero-order chi connectivity index (χ0) is 14.5. The molecular formula is C13H15FN4O2. The van der Waals surface area contributed by atoms with Crippen molar-refractivity contribution in [2.45, 2.75) is 26.4 Å². The second-order valence-electron chi connectivity index (χ2n) is 4.29. The highest BCUT2D eigenvalue weighted by Gasteiger charge is 2.16. The van der Waals surface area contributed by atoms with Crippen LogP contribution in [0.5, 0.6) is 5.75 Å². The van der Waals surface area contributed by atoms with Crippen molar-refractivity contribution in [1.82, 2.24) is 20.3 Å². The van der Waals surface area contributed by atoms with Gasteiger partial charge in [0.05, 0.1) is 12.7 Å². The summed E-state index contributed by atoms with van der Waals surface area (Å²) in [7, 11) is 0. The van der Waals surface area contributed by atoms with Crippen LogP contribution in [0.1, 0.15) is 29.4 Å². The standard InChI is InChI=1S/C13H15FN4O2/c1-2-6-18-8-9(16-17-18)7-15-13(20)12-10(14)4-3-5-11(12)19/h3-5,8,19H,2,6-7H2,1H3,(H,15,20). The number of benzene rings is 1. The number of phenols is 1. The average molecular weight is 278 g/mol. The number of carbonyl (C=O) groups is 1. The molecule has 106 valence electrons. The molecule has 0 bridgehead atoms. The molecule has 2 N–H and O–H groups in total. The van der Waals surface area contributed by atoms with Crippen LogP contribution in [0.25, 0.3) is 0 Å². The molecule has 0 radical (unpaired) electrons. The molecule has 0 aliphatic heterocycles. The Morgan fingerprint density at radius 1 is 1.50 bits per heavy atom. The van der Waals surface area contributed by atoms with Gasteiger partial charge >= 0.3 is 0 Å². The summed E-state index contributed by atoms with van der Waals surface area (Å²) >= 11 is 0. The SMILES string of the molecule is CCCn1cc(CNC(=O)c2c(O)cccc2F)nn1. The van der Waals surface area contributed by atoms with Crippen LogP contribution in [0.2, 0.25) is 0 Å². The van der Waals surface area contributed by atoms with Crippen molar-refractivity contribution in [1.29, 1.82) is 0 Å². The van der Waals surface area contributed by atoms with Crippen molar-refractivity contribution in [3.8, 4) is 5.75 Å². The van der Waals surface area contributed by atoms with Crippen LogP contribution in [0.15, 0.2) is 24.4 Å². The van der Waals surface area contributed by atoms with Gasteiger partial charge in [0.2, 0.25) is 0 Å². The molecule has 0 spiro atoms. The van der Waals surface area contributed by atoms with E-state index in [9.17, 15) is 14.3 Å². The minimum atomic E-state index is -0.767. The number of hydrogen-bond acceptors (Lipinski definition) is 4. The topological polar surface area (TPSA) is 80.0 Å². The van der Waals surface area contributed by atoms with E-state index in [-0.39, 0.29) is 12.1 Å². The van der Waals surface area contributed by atoms with E-state index in [0.29, 0.717) is 5.69 Å². The van der Waals surface area contributed by atoms with E-state index in [1.54, 1.807) is 10.9 Å². The normalized spacial score (nSPS) is 10.5. The van der Waals surface area contributed by atoms with E-state index in [2.05, 4.69) is 15.6 Å².